The summed E-state index contributed by atoms with van der Waals surface area (Å²) in [5, 5.41) is 3.56. The molecule has 1 fully saturated rings. The van der Waals surface area contributed by atoms with Crippen molar-refractivity contribution in [1.29, 1.82) is 0 Å². The smallest absolute Gasteiger partial charge is 0.224 e. The highest BCUT2D eigenvalue weighted by Crippen LogP contribution is 2.30. The minimum absolute atomic E-state index is 0.0326. The van der Waals surface area contributed by atoms with Crippen molar-refractivity contribution in [2.75, 3.05) is 5.32 Å². The predicted octanol–water partition coefficient (Wildman–Crippen LogP) is 5.45. The molecule has 0 unspecified atom stereocenters. The molecule has 132 valence electrons. The molecular formula is C20H21ClFNO2. The first-order valence-electron chi connectivity index (χ1n) is 8.56. The van der Waals surface area contributed by atoms with Crippen LogP contribution in [0.3, 0.4) is 0 Å². The zero-order valence-electron chi connectivity index (χ0n) is 13.9. The van der Waals surface area contributed by atoms with Gasteiger partial charge in [-0.1, -0.05) is 11.6 Å². The number of carbonyl (C=O) groups is 1. The van der Waals surface area contributed by atoms with Crippen molar-refractivity contribution in [3.05, 3.63) is 59.4 Å². The molecule has 0 atom stereocenters. The Balaban J connectivity index is 1.42. The van der Waals surface area contributed by atoms with E-state index in [2.05, 4.69) is 5.32 Å². The first-order valence-corrected chi connectivity index (χ1v) is 8.94. The highest BCUT2D eigenvalue weighted by Gasteiger charge is 2.24. The summed E-state index contributed by atoms with van der Waals surface area (Å²) in [5.41, 5.74) is 0.766. The van der Waals surface area contributed by atoms with Crippen LogP contribution in [0.25, 0.3) is 0 Å². The Labute approximate surface area is 152 Å². The Kier molecular flexibility index (Phi) is 5.92. The van der Waals surface area contributed by atoms with Crippen LogP contribution in [0, 0.1) is 11.7 Å². The van der Waals surface area contributed by atoms with E-state index >= 15 is 0 Å². The zero-order valence-corrected chi connectivity index (χ0v) is 14.6. The topological polar surface area (TPSA) is 38.3 Å². The average molecular weight is 362 g/mol. The van der Waals surface area contributed by atoms with Crippen LogP contribution in [0.5, 0.6) is 5.75 Å². The highest BCUT2D eigenvalue weighted by molar-refractivity contribution is 6.30. The Morgan fingerprint density at radius 1 is 1.04 bits per heavy atom. The fourth-order valence-corrected chi connectivity index (χ4v) is 3.29. The number of carbonyl (C=O) groups excluding carboxylic acids is 1. The summed E-state index contributed by atoms with van der Waals surface area (Å²) in [5.74, 6) is 0.846. The lowest BCUT2D eigenvalue weighted by molar-refractivity contribution is -0.117. The molecule has 1 N–H and O–H groups in total. The summed E-state index contributed by atoms with van der Waals surface area (Å²) >= 11 is 5.84. The first-order chi connectivity index (χ1) is 12.1. The molecule has 0 aromatic heterocycles. The summed E-state index contributed by atoms with van der Waals surface area (Å²) in [6.45, 7) is 0. The predicted molar refractivity (Wildman–Crippen MR) is 97.5 cm³/mol. The summed E-state index contributed by atoms with van der Waals surface area (Å²) in [6, 6.07) is 13.2. The minimum atomic E-state index is -0.261. The van der Waals surface area contributed by atoms with Gasteiger partial charge in [0.25, 0.3) is 0 Å². The maximum absolute atomic E-state index is 12.9. The van der Waals surface area contributed by atoms with Crippen LogP contribution in [-0.2, 0) is 4.79 Å². The first kappa shape index (κ1) is 17.7. The molecule has 3 rings (SSSR count). The largest absolute Gasteiger partial charge is 0.490 e. The van der Waals surface area contributed by atoms with E-state index in [1.165, 1.54) is 12.1 Å². The molecule has 0 radical (unpaired) electrons. The molecule has 0 spiro atoms. The van der Waals surface area contributed by atoms with Crippen LogP contribution in [0.4, 0.5) is 10.1 Å². The van der Waals surface area contributed by atoms with Gasteiger partial charge in [0.2, 0.25) is 5.91 Å². The van der Waals surface area contributed by atoms with Crippen LogP contribution in [-0.4, -0.2) is 12.0 Å². The lowest BCUT2D eigenvalue weighted by Crippen LogP contribution is -2.26. The third-order valence-corrected chi connectivity index (χ3v) is 4.76. The number of ether oxygens (including phenoxy) is 1. The van der Waals surface area contributed by atoms with E-state index in [0.717, 1.165) is 31.4 Å². The molecule has 1 saturated carbocycles. The van der Waals surface area contributed by atoms with E-state index in [0.29, 0.717) is 23.1 Å². The second-order valence-corrected chi connectivity index (χ2v) is 6.91. The number of benzene rings is 2. The maximum Gasteiger partial charge on any atom is 0.224 e. The number of halogens is 2. The van der Waals surface area contributed by atoms with Crippen molar-refractivity contribution in [2.45, 2.75) is 38.2 Å². The third kappa shape index (κ3) is 5.46. The van der Waals surface area contributed by atoms with Crippen LogP contribution >= 0.6 is 11.6 Å². The minimum Gasteiger partial charge on any atom is -0.490 e. The summed E-state index contributed by atoms with van der Waals surface area (Å²) in [4.78, 5) is 12.2. The van der Waals surface area contributed by atoms with Gasteiger partial charge in [-0.05, 0) is 80.1 Å². The second-order valence-electron chi connectivity index (χ2n) is 6.47. The van der Waals surface area contributed by atoms with E-state index in [4.69, 9.17) is 16.3 Å². The number of hydrogen-bond donors (Lipinski definition) is 1. The van der Waals surface area contributed by atoms with Crippen LogP contribution in [0.1, 0.15) is 32.1 Å². The molecule has 3 nitrogen and oxygen atoms in total. The Hall–Kier alpha value is -2.07. The molecule has 1 amide bonds. The molecule has 25 heavy (non-hydrogen) atoms. The van der Waals surface area contributed by atoms with Gasteiger partial charge in [-0.2, -0.15) is 0 Å². The van der Waals surface area contributed by atoms with Crippen molar-refractivity contribution in [3.8, 4) is 5.75 Å². The lowest BCUT2D eigenvalue weighted by atomic mass is 9.85. The van der Waals surface area contributed by atoms with Gasteiger partial charge in [-0.3, -0.25) is 4.79 Å². The standard InChI is InChI=1S/C20H21ClFNO2/c21-15-3-7-17(8-4-15)23-20(24)13-14-1-9-18(10-2-14)25-19-11-5-16(22)6-12-19/h3-8,11-12,14,18H,1-2,9-10,13H2,(H,23,24)/t14-,18-. The van der Waals surface area contributed by atoms with Crippen LogP contribution < -0.4 is 10.1 Å². The Bertz CT molecular complexity index is 695. The SMILES string of the molecule is O=C(C[C@H]1CC[C@H](Oc2ccc(F)cc2)CC1)Nc1ccc(Cl)cc1. The van der Waals surface area contributed by atoms with Gasteiger partial charge in [0, 0.05) is 17.1 Å². The molecular weight excluding hydrogens is 341 g/mol. The molecule has 0 bridgehead atoms. The summed E-state index contributed by atoms with van der Waals surface area (Å²) in [6.07, 6.45) is 4.40. The van der Waals surface area contributed by atoms with Crippen molar-refractivity contribution in [3.63, 3.8) is 0 Å². The summed E-state index contributed by atoms with van der Waals surface area (Å²) < 4.78 is 18.8. The third-order valence-electron chi connectivity index (χ3n) is 4.51. The highest BCUT2D eigenvalue weighted by atomic mass is 35.5. The molecule has 0 saturated heterocycles. The van der Waals surface area contributed by atoms with Gasteiger partial charge in [-0.15, -0.1) is 0 Å². The van der Waals surface area contributed by atoms with Crippen molar-refractivity contribution in [2.24, 2.45) is 5.92 Å². The number of hydrogen-bond acceptors (Lipinski definition) is 2. The number of anilines is 1. The number of amides is 1. The second kappa shape index (κ2) is 8.34. The summed E-state index contributed by atoms with van der Waals surface area (Å²) in [7, 11) is 0. The molecule has 2 aromatic rings. The van der Waals surface area contributed by atoms with Crippen molar-refractivity contribution >= 4 is 23.2 Å². The van der Waals surface area contributed by atoms with Gasteiger partial charge < -0.3 is 10.1 Å². The van der Waals surface area contributed by atoms with E-state index in [1.807, 2.05) is 0 Å². The fraction of sp³-hybridized carbons (Fsp3) is 0.350. The Morgan fingerprint density at radius 3 is 2.32 bits per heavy atom. The molecule has 0 aliphatic heterocycles. The van der Waals surface area contributed by atoms with Gasteiger partial charge >= 0.3 is 0 Å². The van der Waals surface area contributed by atoms with Gasteiger partial charge in [0.15, 0.2) is 0 Å². The van der Waals surface area contributed by atoms with E-state index in [-0.39, 0.29) is 17.8 Å². The Morgan fingerprint density at radius 2 is 1.68 bits per heavy atom. The maximum atomic E-state index is 12.9. The normalized spacial score (nSPS) is 20.1. The average Bonchev–Trinajstić information content (AvgIpc) is 2.61. The molecule has 1 aliphatic carbocycles. The van der Waals surface area contributed by atoms with Crippen molar-refractivity contribution < 1.29 is 13.9 Å². The van der Waals surface area contributed by atoms with Gasteiger partial charge in [-0.25, -0.2) is 4.39 Å². The molecule has 2 aromatic carbocycles. The van der Waals surface area contributed by atoms with E-state index in [9.17, 15) is 9.18 Å². The fourth-order valence-electron chi connectivity index (χ4n) is 3.17. The monoisotopic (exact) mass is 361 g/mol. The van der Waals surface area contributed by atoms with Crippen LogP contribution in [0.15, 0.2) is 48.5 Å². The zero-order chi connectivity index (χ0) is 17.6. The van der Waals surface area contributed by atoms with E-state index < -0.39 is 0 Å². The van der Waals surface area contributed by atoms with Crippen molar-refractivity contribution in [1.82, 2.24) is 0 Å². The van der Waals surface area contributed by atoms with Crippen LogP contribution in [0.2, 0.25) is 5.02 Å². The number of rotatable bonds is 5. The molecule has 0 heterocycles. The van der Waals surface area contributed by atoms with Gasteiger partial charge in [0.05, 0.1) is 6.10 Å². The quantitative estimate of drug-likeness (QED) is 0.769. The molecule has 5 heteroatoms. The van der Waals surface area contributed by atoms with E-state index in [1.54, 1.807) is 36.4 Å². The lowest BCUT2D eigenvalue weighted by Gasteiger charge is -2.28. The molecule has 1 aliphatic rings. The van der Waals surface area contributed by atoms with Gasteiger partial charge in [0.1, 0.15) is 11.6 Å². The number of nitrogens with one attached hydrogen (secondary N) is 1.